The van der Waals surface area contributed by atoms with E-state index in [-0.39, 0.29) is 0 Å². The molecular weight excluding hydrogens is 364 g/mol. The number of rotatable bonds is 5. The van der Waals surface area contributed by atoms with Gasteiger partial charge in [0.15, 0.2) is 0 Å². The van der Waals surface area contributed by atoms with Gasteiger partial charge in [0, 0.05) is 13.1 Å². The molecule has 3 saturated carbocycles. The van der Waals surface area contributed by atoms with Crippen molar-refractivity contribution in [1.82, 2.24) is 0 Å². The van der Waals surface area contributed by atoms with Crippen molar-refractivity contribution >= 4 is 10.8 Å². The second-order valence-corrected chi connectivity index (χ2v) is 10.2. The third-order valence-electron chi connectivity index (χ3n) is 8.51. The van der Waals surface area contributed by atoms with Crippen molar-refractivity contribution in [3.05, 3.63) is 60.2 Å². The number of hydrogen-bond acceptors (Lipinski definition) is 2. The van der Waals surface area contributed by atoms with Crippen molar-refractivity contribution in [3.63, 3.8) is 0 Å². The van der Waals surface area contributed by atoms with Crippen molar-refractivity contribution < 1.29 is 0 Å². The molecule has 2 nitrogen and oxygen atoms in total. The predicted octanol–water partition coefficient (Wildman–Crippen LogP) is 6.43. The Balaban J connectivity index is 0.000000589. The topological polar surface area (TPSA) is 52.0 Å². The largest absolute Gasteiger partial charge is 0.329 e. The molecule has 3 aliphatic rings. The summed E-state index contributed by atoms with van der Waals surface area (Å²) in [5, 5.41) is 2.87. The minimum atomic E-state index is 0.392. The van der Waals surface area contributed by atoms with Crippen LogP contribution in [0.2, 0.25) is 0 Å². The van der Waals surface area contributed by atoms with Gasteiger partial charge in [0.1, 0.15) is 0 Å². The molecule has 164 valence electrons. The van der Waals surface area contributed by atoms with Crippen LogP contribution in [-0.2, 0) is 6.42 Å². The number of hydrogen-bond donors (Lipinski definition) is 2. The molecular formula is C28H42N2. The Bertz CT molecular complexity index is 870. The van der Waals surface area contributed by atoms with E-state index in [0.717, 1.165) is 12.3 Å². The smallest absolute Gasteiger partial charge is 0.00461 e. The Morgan fingerprint density at radius 3 is 2.50 bits per heavy atom. The highest BCUT2D eigenvalue weighted by Crippen LogP contribution is 2.65. The van der Waals surface area contributed by atoms with Gasteiger partial charge < -0.3 is 11.5 Å². The zero-order chi connectivity index (χ0) is 21.9. The monoisotopic (exact) mass is 406 g/mol. The van der Waals surface area contributed by atoms with Gasteiger partial charge in [0.25, 0.3) is 0 Å². The summed E-state index contributed by atoms with van der Waals surface area (Å²) in [6.45, 7) is 15.2. The fourth-order valence-corrected chi connectivity index (χ4v) is 6.42. The molecule has 2 aromatic carbocycles. The lowest BCUT2D eigenvalue weighted by Gasteiger charge is -2.61. The van der Waals surface area contributed by atoms with Crippen LogP contribution in [0, 0.1) is 22.7 Å². The average molecular weight is 407 g/mol. The van der Waals surface area contributed by atoms with Crippen LogP contribution >= 0.6 is 0 Å². The summed E-state index contributed by atoms with van der Waals surface area (Å²) in [4.78, 5) is 0. The summed E-state index contributed by atoms with van der Waals surface area (Å²) < 4.78 is 0. The van der Waals surface area contributed by atoms with Gasteiger partial charge >= 0.3 is 0 Å². The van der Waals surface area contributed by atoms with Crippen LogP contribution in [0.1, 0.15) is 70.4 Å². The van der Waals surface area contributed by atoms with Crippen molar-refractivity contribution in [2.75, 3.05) is 13.1 Å². The van der Waals surface area contributed by atoms with Gasteiger partial charge in [0.2, 0.25) is 0 Å². The van der Waals surface area contributed by atoms with E-state index in [0.29, 0.717) is 35.8 Å². The number of aryl methyl sites for hydroxylation is 1. The number of fused-ring (bicyclic) bond motifs is 4. The van der Waals surface area contributed by atoms with E-state index in [4.69, 9.17) is 11.5 Å². The summed E-state index contributed by atoms with van der Waals surface area (Å²) in [5.74, 6) is 2.13. The zero-order valence-electron chi connectivity index (χ0n) is 19.6. The summed E-state index contributed by atoms with van der Waals surface area (Å²) in [5.41, 5.74) is 13.7. The third-order valence-corrected chi connectivity index (χ3v) is 8.51. The normalized spacial score (nSPS) is 31.1. The average Bonchev–Trinajstić information content (AvgIpc) is 2.77. The maximum absolute atomic E-state index is 4.90. The zero-order valence-corrected chi connectivity index (χ0v) is 19.6. The number of nitrogens with two attached hydrogens (primary N) is 2. The van der Waals surface area contributed by atoms with Gasteiger partial charge in [-0.15, -0.1) is 6.58 Å². The minimum Gasteiger partial charge on any atom is -0.329 e. The SMILES string of the molecule is C=C[C@@H]1CC2CC[C@@]1(C)C[C@]2(C)[C@@H](C)c1cccc2ccc(CC)cc12.NCCN. The van der Waals surface area contributed by atoms with Crippen molar-refractivity contribution in [2.45, 2.75) is 65.7 Å². The Morgan fingerprint density at radius 2 is 1.90 bits per heavy atom. The molecule has 5 rings (SSSR count). The molecule has 3 aliphatic carbocycles. The van der Waals surface area contributed by atoms with Crippen LogP contribution in [0.25, 0.3) is 10.8 Å². The van der Waals surface area contributed by atoms with Crippen LogP contribution < -0.4 is 11.5 Å². The van der Waals surface area contributed by atoms with Gasteiger partial charge in [0.05, 0.1) is 0 Å². The first-order chi connectivity index (χ1) is 14.3. The van der Waals surface area contributed by atoms with Crippen molar-refractivity contribution in [2.24, 2.45) is 34.1 Å². The van der Waals surface area contributed by atoms with E-state index in [9.17, 15) is 0 Å². The summed E-state index contributed by atoms with van der Waals surface area (Å²) in [6, 6.07) is 14.0. The molecule has 0 radical (unpaired) electrons. The van der Waals surface area contributed by atoms with Gasteiger partial charge in [-0.25, -0.2) is 0 Å². The van der Waals surface area contributed by atoms with Crippen LogP contribution in [0.3, 0.4) is 0 Å². The predicted molar refractivity (Wildman–Crippen MR) is 132 cm³/mol. The van der Waals surface area contributed by atoms with E-state index in [2.05, 4.69) is 76.7 Å². The second kappa shape index (κ2) is 9.24. The van der Waals surface area contributed by atoms with Crippen molar-refractivity contribution in [3.8, 4) is 0 Å². The van der Waals surface area contributed by atoms with Crippen LogP contribution in [0.4, 0.5) is 0 Å². The molecule has 0 aliphatic heterocycles. The molecule has 0 saturated heterocycles. The highest BCUT2D eigenvalue weighted by molar-refractivity contribution is 5.87. The lowest BCUT2D eigenvalue weighted by molar-refractivity contribution is -0.0815. The number of benzene rings is 2. The Hall–Kier alpha value is -1.64. The third kappa shape index (κ3) is 4.09. The quantitative estimate of drug-likeness (QED) is 0.562. The highest BCUT2D eigenvalue weighted by atomic mass is 14.6. The summed E-state index contributed by atoms with van der Waals surface area (Å²) in [7, 11) is 0. The van der Waals surface area contributed by atoms with Crippen LogP contribution in [0.5, 0.6) is 0 Å². The lowest BCUT2D eigenvalue weighted by Crippen LogP contribution is -2.51. The Morgan fingerprint density at radius 1 is 1.17 bits per heavy atom. The minimum absolute atomic E-state index is 0.392. The second-order valence-electron chi connectivity index (χ2n) is 10.2. The summed E-state index contributed by atoms with van der Waals surface area (Å²) in [6.07, 6.45) is 8.82. The standard InChI is InChI=1S/C26H34.C2H8N2/c1-6-19-11-12-20-9-8-10-23(24(20)15-19)18(3)26(5)17-25(4)14-13-22(26)16-21(25)7-2;3-1-2-4/h7-12,15,18,21-22H,2,6,13-14,16-17H2,1,3-5H3;1-4H2/t18-,21+,22?,25-,26+;/m0./s1. The molecule has 0 amide bonds. The molecule has 2 heteroatoms. The molecule has 2 aromatic rings. The Labute approximate surface area is 184 Å². The van der Waals surface area contributed by atoms with E-state index < -0.39 is 0 Å². The first-order valence-electron chi connectivity index (χ1n) is 11.9. The fraction of sp³-hybridized carbons (Fsp3) is 0.571. The molecule has 0 heterocycles. The van der Waals surface area contributed by atoms with Gasteiger partial charge in [-0.05, 0) is 82.6 Å². The molecule has 30 heavy (non-hydrogen) atoms. The fourth-order valence-electron chi connectivity index (χ4n) is 6.42. The van der Waals surface area contributed by atoms with Crippen molar-refractivity contribution in [1.29, 1.82) is 0 Å². The molecule has 4 N–H and O–H groups in total. The maximum Gasteiger partial charge on any atom is 0.00461 e. The van der Waals surface area contributed by atoms with Crippen LogP contribution in [0.15, 0.2) is 49.1 Å². The molecule has 0 aromatic heterocycles. The van der Waals surface area contributed by atoms with E-state index in [1.807, 2.05) is 0 Å². The summed E-state index contributed by atoms with van der Waals surface area (Å²) >= 11 is 0. The number of allylic oxidation sites excluding steroid dienone is 1. The molecule has 5 atom stereocenters. The highest BCUT2D eigenvalue weighted by Gasteiger charge is 2.55. The first-order valence-corrected chi connectivity index (χ1v) is 11.9. The molecule has 2 bridgehead atoms. The first kappa shape index (κ1) is 23.0. The Kier molecular flexibility index (Phi) is 7.09. The van der Waals surface area contributed by atoms with E-state index in [1.54, 1.807) is 5.56 Å². The maximum atomic E-state index is 4.90. The van der Waals surface area contributed by atoms with E-state index in [1.165, 1.54) is 42.0 Å². The van der Waals surface area contributed by atoms with Gasteiger partial charge in [-0.3, -0.25) is 0 Å². The van der Waals surface area contributed by atoms with E-state index >= 15 is 0 Å². The van der Waals surface area contributed by atoms with Gasteiger partial charge in [-0.1, -0.05) is 70.2 Å². The molecule has 0 spiro atoms. The van der Waals surface area contributed by atoms with Gasteiger partial charge in [-0.2, -0.15) is 0 Å². The molecule has 3 fully saturated rings. The molecule has 1 unspecified atom stereocenters. The van der Waals surface area contributed by atoms with Crippen LogP contribution in [-0.4, -0.2) is 13.1 Å². The lowest BCUT2D eigenvalue weighted by atomic mass is 9.44.